The SMILES string of the molecule is Cc1ccc(C(=O)NC(NC(=S)Nc2ccc(Cl)cc2)C(Cl)(Cl)Cl)cc1. The van der Waals surface area contributed by atoms with E-state index in [1.165, 1.54) is 0 Å². The van der Waals surface area contributed by atoms with E-state index in [4.69, 9.17) is 58.6 Å². The molecule has 138 valence electrons. The molecule has 0 fully saturated rings. The molecule has 0 heterocycles. The smallest absolute Gasteiger partial charge is 0.252 e. The standard InChI is InChI=1S/C17H15Cl4N3OS/c1-10-2-4-11(5-3-10)14(25)23-15(17(19,20)21)24-16(26)22-13-8-6-12(18)7-9-13/h2-9,15H,1H3,(H,23,25)(H2,22,24,26). The number of alkyl halides is 3. The Morgan fingerprint density at radius 1 is 1.00 bits per heavy atom. The molecule has 0 aromatic heterocycles. The minimum Gasteiger partial charge on any atom is -0.339 e. The predicted octanol–water partition coefficient (Wildman–Crippen LogP) is 5.06. The molecule has 2 aromatic rings. The molecule has 0 radical (unpaired) electrons. The molecule has 0 spiro atoms. The number of carbonyl (C=O) groups excluding carboxylic acids is 1. The molecule has 0 bridgehead atoms. The Morgan fingerprint density at radius 3 is 2.12 bits per heavy atom. The van der Waals surface area contributed by atoms with Gasteiger partial charge in [0.25, 0.3) is 5.91 Å². The van der Waals surface area contributed by atoms with E-state index < -0.39 is 15.9 Å². The third kappa shape index (κ3) is 6.49. The first-order valence-electron chi connectivity index (χ1n) is 7.42. The Labute approximate surface area is 177 Å². The van der Waals surface area contributed by atoms with Crippen molar-refractivity contribution >= 4 is 75.3 Å². The number of carbonyl (C=O) groups is 1. The minimum atomic E-state index is -1.83. The van der Waals surface area contributed by atoms with Crippen LogP contribution in [0.4, 0.5) is 5.69 Å². The van der Waals surface area contributed by atoms with Crippen molar-refractivity contribution in [2.75, 3.05) is 5.32 Å². The average Bonchev–Trinajstić information content (AvgIpc) is 2.56. The van der Waals surface area contributed by atoms with Crippen molar-refractivity contribution in [2.24, 2.45) is 0 Å². The predicted molar refractivity (Wildman–Crippen MR) is 114 cm³/mol. The third-order valence-electron chi connectivity index (χ3n) is 3.29. The molecule has 0 aliphatic heterocycles. The number of rotatable bonds is 4. The van der Waals surface area contributed by atoms with Gasteiger partial charge in [-0.25, -0.2) is 0 Å². The number of amides is 1. The average molecular weight is 451 g/mol. The summed E-state index contributed by atoms with van der Waals surface area (Å²) in [4.78, 5) is 12.4. The van der Waals surface area contributed by atoms with Crippen molar-refractivity contribution in [3.63, 3.8) is 0 Å². The monoisotopic (exact) mass is 449 g/mol. The van der Waals surface area contributed by atoms with E-state index in [-0.39, 0.29) is 5.11 Å². The first-order valence-corrected chi connectivity index (χ1v) is 9.34. The van der Waals surface area contributed by atoms with Crippen LogP contribution in [0.1, 0.15) is 15.9 Å². The Hall–Kier alpha value is -1.24. The number of thiocarbonyl (C=S) groups is 1. The van der Waals surface area contributed by atoms with Gasteiger partial charge < -0.3 is 16.0 Å². The van der Waals surface area contributed by atoms with Crippen LogP contribution in [0.5, 0.6) is 0 Å². The maximum absolute atomic E-state index is 12.4. The van der Waals surface area contributed by atoms with Gasteiger partial charge >= 0.3 is 0 Å². The lowest BCUT2D eigenvalue weighted by molar-refractivity contribution is 0.0934. The van der Waals surface area contributed by atoms with Crippen molar-refractivity contribution in [3.8, 4) is 0 Å². The van der Waals surface area contributed by atoms with Gasteiger partial charge in [-0.3, -0.25) is 4.79 Å². The Kier molecular flexibility index (Phi) is 7.38. The largest absolute Gasteiger partial charge is 0.339 e. The summed E-state index contributed by atoms with van der Waals surface area (Å²) in [5.74, 6) is -0.400. The lowest BCUT2D eigenvalue weighted by Crippen LogP contribution is -2.56. The maximum Gasteiger partial charge on any atom is 0.252 e. The second-order valence-corrected chi connectivity index (χ2v) is 8.63. The number of benzene rings is 2. The summed E-state index contributed by atoms with van der Waals surface area (Å²) in [5, 5.41) is 9.11. The van der Waals surface area contributed by atoms with Crippen LogP contribution in [0, 0.1) is 6.92 Å². The van der Waals surface area contributed by atoms with Crippen LogP contribution in [-0.2, 0) is 0 Å². The highest BCUT2D eigenvalue weighted by molar-refractivity contribution is 7.80. The number of hydrogen-bond donors (Lipinski definition) is 3. The molecule has 3 N–H and O–H groups in total. The van der Waals surface area contributed by atoms with Crippen molar-refractivity contribution in [1.82, 2.24) is 10.6 Å². The fourth-order valence-electron chi connectivity index (χ4n) is 1.95. The zero-order valence-electron chi connectivity index (χ0n) is 13.5. The van der Waals surface area contributed by atoms with Crippen LogP contribution in [0.15, 0.2) is 48.5 Å². The van der Waals surface area contributed by atoms with Crippen LogP contribution in [0.25, 0.3) is 0 Å². The van der Waals surface area contributed by atoms with Gasteiger partial charge in [-0.2, -0.15) is 0 Å². The summed E-state index contributed by atoms with van der Waals surface area (Å²) in [6.07, 6.45) is -1.05. The second-order valence-electron chi connectivity index (χ2n) is 5.42. The number of halogens is 4. The quantitative estimate of drug-likeness (QED) is 0.346. The molecule has 4 nitrogen and oxygen atoms in total. The number of anilines is 1. The summed E-state index contributed by atoms with van der Waals surface area (Å²) < 4.78 is -1.83. The first kappa shape index (κ1) is 21.1. The highest BCUT2D eigenvalue weighted by Crippen LogP contribution is 2.29. The summed E-state index contributed by atoms with van der Waals surface area (Å²) in [6, 6.07) is 13.9. The van der Waals surface area contributed by atoms with Crippen LogP contribution in [0.3, 0.4) is 0 Å². The molecule has 2 rings (SSSR count). The summed E-state index contributed by atoms with van der Waals surface area (Å²) in [6.45, 7) is 1.92. The highest BCUT2D eigenvalue weighted by atomic mass is 35.6. The number of nitrogens with one attached hydrogen (secondary N) is 3. The molecular formula is C17H15Cl4N3OS. The summed E-state index contributed by atoms with van der Waals surface area (Å²) in [5.41, 5.74) is 2.17. The minimum absolute atomic E-state index is 0.174. The second kappa shape index (κ2) is 9.11. The molecule has 0 saturated carbocycles. The molecule has 26 heavy (non-hydrogen) atoms. The van der Waals surface area contributed by atoms with Gasteiger partial charge in [0.15, 0.2) is 5.11 Å². The fourth-order valence-corrected chi connectivity index (χ4v) is 2.64. The lowest BCUT2D eigenvalue weighted by Gasteiger charge is -2.27. The van der Waals surface area contributed by atoms with E-state index in [9.17, 15) is 4.79 Å². The summed E-state index contributed by atoms with van der Waals surface area (Å²) >= 11 is 29.0. The topological polar surface area (TPSA) is 53.2 Å². The van der Waals surface area contributed by atoms with E-state index in [0.717, 1.165) is 5.56 Å². The number of hydrogen-bond acceptors (Lipinski definition) is 2. The summed E-state index contributed by atoms with van der Waals surface area (Å²) in [7, 11) is 0. The van der Waals surface area contributed by atoms with Gasteiger partial charge in [0.05, 0.1) is 0 Å². The van der Waals surface area contributed by atoms with Crippen molar-refractivity contribution in [3.05, 3.63) is 64.7 Å². The molecule has 0 aliphatic rings. The van der Waals surface area contributed by atoms with Gasteiger partial charge in [-0.05, 0) is 55.5 Å². The molecule has 2 aromatic carbocycles. The van der Waals surface area contributed by atoms with E-state index in [2.05, 4.69) is 16.0 Å². The van der Waals surface area contributed by atoms with Crippen molar-refractivity contribution in [2.45, 2.75) is 16.9 Å². The normalized spacial score (nSPS) is 12.2. The van der Waals surface area contributed by atoms with Gasteiger partial charge in [0.1, 0.15) is 6.17 Å². The zero-order chi connectivity index (χ0) is 19.3. The molecule has 9 heteroatoms. The number of aryl methyl sites for hydroxylation is 1. The van der Waals surface area contributed by atoms with Gasteiger partial charge in [-0.1, -0.05) is 64.1 Å². The van der Waals surface area contributed by atoms with Crippen molar-refractivity contribution < 1.29 is 4.79 Å². The lowest BCUT2D eigenvalue weighted by atomic mass is 10.1. The molecule has 0 saturated heterocycles. The van der Waals surface area contributed by atoms with Crippen LogP contribution < -0.4 is 16.0 Å². The molecule has 1 unspecified atom stereocenters. The van der Waals surface area contributed by atoms with Crippen LogP contribution >= 0.6 is 58.6 Å². The van der Waals surface area contributed by atoms with E-state index >= 15 is 0 Å². The van der Waals surface area contributed by atoms with Crippen LogP contribution in [-0.4, -0.2) is 21.0 Å². The third-order valence-corrected chi connectivity index (χ3v) is 4.42. The van der Waals surface area contributed by atoms with Gasteiger partial charge in [-0.15, -0.1) is 0 Å². The van der Waals surface area contributed by atoms with E-state index in [1.807, 2.05) is 19.1 Å². The van der Waals surface area contributed by atoms with E-state index in [0.29, 0.717) is 16.3 Å². The molecule has 0 aliphatic carbocycles. The molecule has 1 amide bonds. The van der Waals surface area contributed by atoms with Gasteiger partial charge in [0, 0.05) is 16.3 Å². The fraction of sp³-hybridized carbons (Fsp3) is 0.176. The Morgan fingerprint density at radius 2 is 1.58 bits per heavy atom. The molecular weight excluding hydrogens is 436 g/mol. The Balaban J connectivity index is 2.04. The first-order chi connectivity index (χ1) is 12.1. The van der Waals surface area contributed by atoms with Crippen LogP contribution in [0.2, 0.25) is 5.02 Å². The highest BCUT2D eigenvalue weighted by Gasteiger charge is 2.34. The maximum atomic E-state index is 12.4. The Bertz CT molecular complexity index is 776. The van der Waals surface area contributed by atoms with E-state index in [1.54, 1.807) is 36.4 Å². The van der Waals surface area contributed by atoms with Crippen molar-refractivity contribution in [1.29, 1.82) is 0 Å². The molecule has 1 atom stereocenters. The van der Waals surface area contributed by atoms with Gasteiger partial charge in [0.2, 0.25) is 3.79 Å². The zero-order valence-corrected chi connectivity index (χ0v) is 17.4.